The van der Waals surface area contributed by atoms with Crippen molar-refractivity contribution in [1.29, 1.82) is 0 Å². The molecule has 8 rings (SSSR count). The van der Waals surface area contributed by atoms with Gasteiger partial charge in [-0.2, -0.15) is 20.4 Å². The number of nitrogens with zero attached hydrogens (tertiary/aromatic N) is 13. The van der Waals surface area contributed by atoms with Gasteiger partial charge in [-0.05, 0) is 97.7 Å². The van der Waals surface area contributed by atoms with Crippen molar-refractivity contribution in [3.05, 3.63) is 182 Å². The molecule has 1 amide bonds. The first kappa shape index (κ1) is 78.6. The predicted octanol–water partition coefficient (Wildman–Crippen LogP) is 8.88. The first-order valence-corrected chi connectivity index (χ1v) is 25.5. The van der Waals surface area contributed by atoms with E-state index < -0.39 is 35.2 Å². The summed E-state index contributed by atoms with van der Waals surface area (Å²) >= 11 is 28.1. The van der Waals surface area contributed by atoms with Crippen molar-refractivity contribution >= 4 is 107 Å². The molecule has 8 aromatic rings. The van der Waals surface area contributed by atoms with Crippen LogP contribution in [0.3, 0.4) is 0 Å². The number of aromatic nitrogens is 12. The minimum absolute atomic E-state index is 0. The maximum atomic E-state index is 11.5. The molecule has 0 spiro atoms. The van der Waals surface area contributed by atoms with Gasteiger partial charge >= 0.3 is 87.3 Å². The van der Waals surface area contributed by atoms with E-state index in [1.165, 1.54) is 18.6 Å². The van der Waals surface area contributed by atoms with Gasteiger partial charge in [-0.1, -0.05) is 82.3 Å². The zero-order chi connectivity index (χ0) is 62.2. The Morgan fingerprint density at radius 2 is 1.01 bits per heavy atom. The van der Waals surface area contributed by atoms with Gasteiger partial charge in [-0.15, -0.1) is 12.4 Å². The minimum Gasteiger partial charge on any atom is -0.662 e. The molecule has 8 aromatic heterocycles. The molecular weight excluding hydrogens is 1350 g/mol. The molecule has 26 nitrogen and oxygen atoms in total. The van der Waals surface area contributed by atoms with Crippen LogP contribution >= 0.6 is 70.4 Å². The fourth-order valence-electron chi connectivity index (χ4n) is 4.96. The molecule has 0 aliphatic rings. The number of nitrogens with two attached hydrogens (primary N) is 1. The summed E-state index contributed by atoms with van der Waals surface area (Å²) in [5, 5.41) is 32.1. The van der Waals surface area contributed by atoms with E-state index in [-0.39, 0.29) is 87.8 Å². The number of rotatable bonds is 7. The number of pyridine rings is 4. The third-order valence-corrected chi connectivity index (χ3v) is 9.22. The van der Waals surface area contributed by atoms with Crippen LogP contribution in [-0.4, -0.2) is 101 Å². The number of halogens is 6. The molecule has 0 aromatic carbocycles. The van der Waals surface area contributed by atoms with E-state index in [2.05, 4.69) is 70.1 Å². The summed E-state index contributed by atoms with van der Waals surface area (Å²) < 4.78 is 23.7. The molecule has 0 atom stereocenters. The second-order valence-electron chi connectivity index (χ2n) is 18.5. The Bertz CT molecular complexity index is 3260. The molecule has 33 heteroatoms. The molecule has 0 saturated carbocycles. The minimum atomic E-state index is -1.06. The van der Waals surface area contributed by atoms with E-state index in [9.17, 15) is 14.4 Å². The molecule has 85 heavy (non-hydrogen) atoms. The molecule has 0 aliphatic carbocycles. The Kier molecular flexibility index (Phi) is 37.8. The molecule has 0 aliphatic heterocycles. The van der Waals surface area contributed by atoms with E-state index in [1.807, 2.05) is 39.0 Å². The number of carbonyl (C=O) groups is 4. The monoisotopic (exact) mass is 1410 g/mol. The van der Waals surface area contributed by atoms with Gasteiger partial charge in [0.25, 0.3) is 6.47 Å². The fourth-order valence-corrected chi connectivity index (χ4v) is 5.57. The number of carbonyl (C=O) groups excluding carboxylic acids is 4. The zero-order valence-corrected chi connectivity index (χ0v) is 58.2. The summed E-state index contributed by atoms with van der Waals surface area (Å²) in [6, 6.07) is 14.0. The van der Waals surface area contributed by atoms with Crippen LogP contribution in [0, 0.1) is 13.1 Å². The van der Waals surface area contributed by atoms with Gasteiger partial charge in [-0.25, -0.2) is 53.1 Å². The van der Waals surface area contributed by atoms with Crippen LogP contribution in [0.15, 0.2) is 123 Å². The number of nitrogens with one attached hydrogen (secondary N) is 2. The van der Waals surface area contributed by atoms with Crippen LogP contribution in [-0.2, 0) is 41.7 Å². The summed E-state index contributed by atoms with van der Waals surface area (Å²) in [6.45, 7) is 29.5. The number of aromatic amines is 1. The number of ether oxygens (including phenoxy) is 4. The van der Waals surface area contributed by atoms with Gasteiger partial charge in [0.15, 0.2) is 17.5 Å². The summed E-state index contributed by atoms with van der Waals surface area (Å²) in [6.07, 6.45) is 16.6. The van der Waals surface area contributed by atoms with E-state index >= 15 is 0 Å². The Hall–Kier alpha value is -6.39. The molecule has 448 valence electrons. The third kappa shape index (κ3) is 36.3. The Balaban J connectivity index is 0.00000101. The Morgan fingerprint density at radius 3 is 1.28 bits per heavy atom. The predicted molar refractivity (Wildman–Crippen MR) is 313 cm³/mol. The number of alkyl carbamates (subject to hydrolysis) is 1. The molecule has 8 heterocycles. The van der Waals surface area contributed by atoms with Crippen molar-refractivity contribution in [1.82, 2.24) is 64.8 Å². The second kappa shape index (κ2) is 40.8. The summed E-state index contributed by atoms with van der Waals surface area (Å²) in [4.78, 5) is 67.4. The van der Waals surface area contributed by atoms with Crippen LogP contribution in [0.1, 0.15) is 73.4 Å². The number of hydrogen-bond acceptors (Lipinski definition) is 19. The van der Waals surface area contributed by atoms with Crippen LogP contribution in [0.2, 0.25) is 25.2 Å². The van der Waals surface area contributed by atoms with Crippen molar-refractivity contribution in [2.45, 2.75) is 92.2 Å². The molecule has 0 fully saturated rings. The Morgan fingerprint density at radius 1 is 0.612 bits per heavy atom. The topological polar surface area (TPSA) is 318 Å². The standard InChI is InChI=1S/C14H17ClN4O2.C10H18O5.C9H5ClN4.C9H9ClN4.C6H3ClN2.C3H3ClN2.CH2O3.ClH.Cs/c1-14(2,3)21-13(20)17-7-10-4-5-12(16-6-10)19-9-11(15)8-18-19;1-9(2,3)14-7(11)13-8(12)15-10(4,5)6;1-11-8-2-3-9(12-5-8)14-6-7(10)4-13-14;10-8-5-13-14(6-8)9-2-1-7(3-11)4-12-9;1-8-5-2-3-6(7)9-4-5;4-3-1-5-6-2-3;2-1-4-3;;/h4-6,8-9H,7H2,1-3H3,(H,17,20);1-6H3;2-6H;1-2,4-6H,3,11H2;2-4H;1-2H,(H,5,6);1,3H;1H;/q;;;;;;;;+1/p-1. The van der Waals surface area contributed by atoms with E-state index in [4.69, 9.17) is 101 Å². The normalized spacial score (nSPS) is 9.95. The van der Waals surface area contributed by atoms with Gasteiger partial charge < -0.3 is 40.1 Å². The molecule has 0 saturated heterocycles. The number of hydrogen-bond donors (Lipinski definition) is 3. The van der Waals surface area contributed by atoms with Crippen LogP contribution in [0.25, 0.3) is 27.1 Å². The van der Waals surface area contributed by atoms with Crippen molar-refractivity contribution in [2.24, 2.45) is 5.73 Å². The maximum Gasteiger partial charge on any atom is 1.00 e. The van der Waals surface area contributed by atoms with E-state index in [1.54, 1.807) is 142 Å². The zero-order valence-electron chi connectivity index (χ0n) is 47.3. The van der Waals surface area contributed by atoms with Gasteiger partial charge in [0.1, 0.15) is 22.0 Å². The quantitative estimate of drug-likeness (QED) is 0.0196. The Labute approximate surface area is 579 Å². The second-order valence-corrected chi connectivity index (χ2v) is 20.6. The van der Waals surface area contributed by atoms with Gasteiger partial charge in [-0.3, -0.25) is 14.9 Å². The summed E-state index contributed by atoms with van der Waals surface area (Å²) in [5.41, 5.74) is 6.44. The van der Waals surface area contributed by atoms with Crippen molar-refractivity contribution < 1.29 is 117 Å². The smallest absolute Gasteiger partial charge is 0.662 e. The molecular formula is C52H57Cl6CsN16O10. The third-order valence-electron chi connectivity index (χ3n) is 8.20. The van der Waals surface area contributed by atoms with Gasteiger partial charge in [0, 0.05) is 44.1 Å². The van der Waals surface area contributed by atoms with Crippen molar-refractivity contribution in [3.8, 4) is 17.5 Å². The SMILES string of the molecule is CC(C)(C)OC(=O)NCc1ccc(-n2cc(Cl)cn2)nc1.CC(C)(C)OC(=O)OC(=O)OC(C)(C)C.Cl.Clc1cn[nH]c1.NCc1ccc(-n2cc(Cl)cn2)nc1.O=CO[O-].[C-]#[N+]c1ccc(-n2cc(Cl)cn2)nc1.[C-]#[N+]c1ccc(Cl)nc1.[Cs+]. The first-order chi connectivity index (χ1) is 39.0. The number of amides is 1. The van der Waals surface area contributed by atoms with Gasteiger partial charge in [0.2, 0.25) is 11.4 Å². The van der Waals surface area contributed by atoms with Gasteiger partial charge in [0.05, 0.1) is 76.6 Å². The molecule has 0 unspecified atom stereocenters. The molecule has 0 radical (unpaired) electrons. The largest absolute Gasteiger partial charge is 1.00 e. The maximum absolute atomic E-state index is 11.5. The van der Waals surface area contributed by atoms with Crippen molar-refractivity contribution in [2.75, 3.05) is 0 Å². The molecule has 0 bridgehead atoms. The summed E-state index contributed by atoms with van der Waals surface area (Å²) in [5.74, 6) is 2.03. The van der Waals surface area contributed by atoms with Crippen LogP contribution < -0.4 is 85.2 Å². The first-order valence-electron chi connectivity index (χ1n) is 23.6. The van der Waals surface area contributed by atoms with E-state index in [0.717, 1.165) is 16.9 Å². The summed E-state index contributed by atoms with van der Waals surface area (Å²) in [7, 11) is 0. The average molecular weight is 1410 g/mol. The van der Waals surface area contributed by atoms with E-state index in [0.29, 0.717) is 61.3 Å². The average Bonchev–Trinajstić information content (AvgIpc) is 4.40. The fraction of sp³-hybridized carbons (Fsp3) is 0.269. The van der Waals surface area contributed by atoms with Crippen LogP contribution in [0.4, 0.5) is 25.8 Å². The van der Waals surface area contributed by atoms with Crippen LogP contribution in [0.5, 0.6) is 0 Å². The van der Waals surface area contributed by atoms with Crippen molar-refractivity contribution in [3.63, 3.8) is 0 Å². The number of H-pyrrole nitrogens is 1. The molecule has 4 N–H and O–H groups in total.